The SMILES string of the molecule is CCc1nc2c(cnn2CC)c(NC2CCOCC2)c1CNC(=O)c1cc(C)cc(C(=O)NCc2ccc(Cl)c(-c3cccc(CN4CC[C@H](N)C4)c3)c2)c1. The first-order chi connectivity index (χ1) is 26.7. The van der Waals surface area contributed by atoms with Crippen molar-refractivity contribution in [3.63, 3.8) is 0 Å². The van der Waals surface area contributed by atoms with E-state index in [1.807, 2.05) is 36.0 Å². The zero-order valence-electron chi connectivity index (χ0n) is 32.0. The van der Waals surface area contributed by atoms with Crippen molar-refractivity contribution < 1.29 is 14.3 Å². The molecule has 55 heavy (non-hydrogen) atoms. The third-order valence-electron chi connectivity index (χ3n) is 10.6. The highest BCUT2D eigenvalue weighted by Crippen LogP contribution is 2.32. The van der Waals surface area contributed by atoms with Gasteiger partial charge in [-0.25, -0.2) is 9.67 Å². The molecule has 5 N–H and O–H groups in total. The van der Waals surface area contributed by atoms with Crippen LogP contribution in [0.2, 0.25) is 5.02 Å². The van der Waals surface area contributed by atoms with Gasteiger partial charge in [-0.15, -0.1) is 0 Å². The van der Waals surface area contributed by atoms with Crippen LogP contribution < -0.4 is 21.7 Å². The van der Waals surface area contributed by atoms with Crippen molar-refractivity contribution in [1.29, 1.82) is 0 Å². The summed E-state index contributed by atoms with van der Waals surface area (Å²) < 4.78 is 7.51. The number of likely N-dealkylation sites (tertiary alicyclic amines) is 1. The quantitative estimate of drug-likeness (QED) is 0.105. The van der Waals surface area contributed by atoms with Crippen molar-refractivity contribution in [3.8, 4) is 11.1 Å². The van der Waals surface area contributed by atoms with E-state index < -0.39 is 0 Å². The van der Waals surface area contributed by atoms with Crippen LogP contribution in [0.1, 0.15) is 81.8 Å². The summed E-state index contributed by atoms with van der Waals surface area (Å²) in [6.45, 7) is 11.5. The molecule has 2 aliphatic heterocycles. The van der Waals surface area contributed by atoms with Crippen LogP contribution in [0.3, 0.4) is 0 Å². The van der Waals surface area contributed by atoms with Crippen molar-refractivity contribution in [3.05, 3.63) is 111 Å². The Morgan fingerprint density at radius 2 is 1.71 bits per heavy atom. The Kier molecular flexibility index (Phi) is 12.1. The Hall–Kier alpha value is -4.81. The van der Waals surface area contributed by atoms with Gasteiger partial charge in [0.2, 0.25) is 0 Å². The van der Waals surface area contributed by atoms with Crippen molar-refractivity contribution in [2.45, 2.75) is 84.7 Å². The molecule has 0 aliphatic carbocycles. The van der Waals surface area contributed by atoms with Gasteiger partial charge < -0.3 is 26.4 Å². The average Bonchev–Trinajstić information content (AvgIpc) is 3.81. The number of hydrogen-bond donors (Lipinski definition) is 4. The third kappa shape index (κ3) is 9.02. The number of aromatic nitrogens is 3. The van der Waals surface area contributed by atoms with E-state index in [4.69, 9.17) is 27.1 Å². The van der Waals surface area contributed by atoms with Crippen LogP contribution >= 0.6 is 11.6 Å². The Balaban J connectivity index is 1.04. The molecular formula is C43H51ClN8O3. The molecule has 288 valence electrons. The fraction of sp³-hybridized carbons (Fsp3) is 0.395. The number of amides is 2. The molecule has 0 bridgehead atoms. The van der Waals surface area contributed by atoms with Crippen LogP contribution in [-0.2, 0) is 37.3 Å². The number of benzene rings is 3. The minimum atomic E-state index is -0.265. The zero-order chi connectivity index (χ0) is 38.5. The lowest BCUT2D eigenvalue weighted by atomic mass is 10.0. The van der Waals surface area contributed by atoms with E-state index in [0.29, 0.717) is 48.9 Å². The van der Waals surface area contributed by atoms with Gasteiger partial charge in [0.25, 0.3) is 11.8 Å². The number of carbonyl (C=O) groups is 2. The third-order valence-corrected chi connectivity index (χ3v) is 11.0. The number of halogens is 1. The molecule has 0 saturated carbocycles. The smallest absolute Gasteiger partial charge is 0.251 e. The molecule has 11 nitrogen and oxygen atoms in total. The molecule has 2 amide bonds. The van der Waals surface area contributed by atoms with Gasteiger partial charge in [-0.05, 0) is 98.2 Å². The van der Waals surface area contributed by atoms with E-state index in [9.17, 15) is 9.59 Å². The molecule has 5 aromatic rings. The predicted molar refractivity (Wildman–Crippen MR) is 218 cm³/mol. The van der Waals surface area contributed by atoms with Crippen LogP contribution in [0.4, 0.5) is 5.69 Å². The molecule has 2 fully saturated rings. The molecule has 2 saturated heterocycles. The first-order valence-electron chi connectivity index (χ1n) is 19.4. The van der Waals surface area contributed by atoms with Crippen LogP contribution in [0, 0.1) is 6.92 Å². The highest BCUT2D eigenvalue weighted by molar-refractivity contribution is 6.33. The molecule has 12 heteroatoms. The monoisotopic (exact) mass is 762 g/mol. The van der Waals surface area contributed by atoms with Gasteiger partial charge in [0.05, 0.1) is 17.3 Å². The predicted octanol–water partition coefficient (Wildman–Crippen LogP) is 6.63. The maximum atomic E-state index is 13.7. The van der Waals surface area contributed by atoms with Gasteiger partial charge >= 0.3 is 0 Å². The molecule has 0 radical (unpaired) electrons. The molecule has 7 rings (SSSR count). The van der Waals surface area contributed by atoms with Crippen LogP contribution in [0.25, 0.3) is 22.2 Å². The first-order valence-corrected chi connectivity index (χ1v) is 19.8. The largest absolute Gasteiger partial charge is 0.381 e. The second-order valence-electron chi connectivity index (χ2n) is 14.7. The number of fused-ring (bicyclic) bond motifs is 1. The number of carbonyl (C=O) groups excluding carboxylic acids is 2. The summed E-state index contributed by atoms with van der Waals surface area (Å²) in [6, 6.07) is 20.0. The molecule has 2 aromatic heterocycles. The molecule has 1 atom stereocenters. The second-order valence-corrected chi connectivity index (χ2v) is 15.2. The van der Waals surface area contributed by atoms with Gasteiger partial charge in [-0.3, -0.25) is 14.5 Å². The lowest BCUT2D eigenvalue weighted by Crippen LogP contribution is -2.30. The van der Waals surface area contributed by atoms with Crippen LogP contribution in [0.15, 0.2) is 66.9 Å². The number of pyridine rings is 1. The Morgan fingerprint density at radius 1 is 0.945 bits per heavy atom. The van der Waals surface area contributed by atoms with E-state index in [-0.39, 0.29) is 30.4 Å². The highest BCUT2D eigenvalue weighted by atomic mass is 35.5. The Bertz CT molecular complexity index is 2180. The molecule has 0 unspecified atom stereocenters. The van der Waals surface area contributed by atoms with E-state index in [1.54, 1.807) is 18.2 Å². The number of anilines is 1. The van der Waals surface area contributed by atoms with Crippen LogP contribution in [-0.4, -0.2) is 69.9 Å². The molecule has 4 heterocycles. The van der Waals surface area contributed by atoms with E-state index in [0.717, 1.165) is 89.1 Å². The fourth-order valence-corrected chi connectivity index (χ4v) is 7.93. The maximum absolute atomic E-state index is 13.7. The highest BCUT2D eigenvalue weighted by Gasteiger charge is 2.23. The van der Waals surface area contributed by atoms with Crippen molar-refractivity contribution in [2.24, 2.45) is 5.73 Å². The topological polar surface area (TPSA) is 139 Å². The number of hydrogen-bond acceptors (Lipinski definition) is 8. The lowest BCUT2D eigenvalue weighted by molar-refractivity contribution is 0.0904. The fourth-order valence-electron chi connectivity index (χ4n) is 7.71. The summed E-state index contributed by atoms with van der Waals surface area (Å²) in [5, 5.41) is 16.1. The standard InChI is InChI=1S/C43H51ClN8O3/c1-4-39-36(40(49-34-12-15-55-16-13-34)37-24-48-52(5-2)41(37)50-39)23-47-43(54)32-18-27(3)17-31(21-32)42(53)46-22-28-9-10-38(44)35(20-28)30-8-6-7-29(19-30)25-51-14-11-33(45)26-51/h6-10,17-21,24,33-34H,4-5,11-16,22-23,25-26,45H2,1-3H3,(H,46,53)(H,47,54)(H,49,50)/t33-/m0/s1. The summed E-state index contributed by atoms with van der Waals surface area (Å²) in [5.41, 5.74) is 15.5. The molecular weight excluding hydrogens is 712 g/mol. The number of aryl methyl sites for hydroxylation is 3. The zero-order valence-corrected chi connectivity index (χ0v) is 32.7. The molecule has 2 aliphatic rings. The van der Waals surface area contributed by atoms with Crippen molar-refractivity contribution in [1.82, 2.24) is 30.3 Å². The van der Waals surface area contributed by atoms with Gasteiger partial charge in [-0.2, -0.15) is 5.10 Å². The van der Waals surface area contributed by atoms with Gasteiger partial charge in [0, 0.05) is 97.5 Å². The van der Waals surface area contributed by atoms with Crippen molar-refractivity contribution >= 4 is 40.1 Å². The molecule has 3 aromatic carbocycles. The second kappa shape index (κ2) is 17.3. The van der Waals surface area contributed by atoms with Crippen LogP contribution in [0.5, 0.6) is 0 Å². The number of nitrogens with two attached hydrogens (primary N) is 1. The number of nitrogens with zero attached hydrogens (tertiary/aromatic N) is 4. The van der Waals surface area contributed by atoms with Gasteiger partial charge in [-0.1, -0.05) is 42.8 Å². The van der Waals surface area contributed by atoms with Gasteiger partial charge in [0.15, 0.2) is 5.65 Å². The minimum Gasteiger partial charge on any atom is -0.381 e. The molecule has 0 spiro atoms. The first kappa shape index (κ1) is 38.5. The number of rotatable bonds is 13. The van der Waals surface area contributed by atoms with E-state index in [1.165, 1.54) is 5.56 Å². The summed E-state index contributed by atoms with van der Waals surface area (Å²) in [4.78, 5) is 34.6. The number of ether oxygens (including phenoxy) is 1. The summed E-state index contributed by atoms with van der Waals surface area (Å²) in [7, 11) is 0. The Labute approximate surface area is 328 Å². The summed E-state index contributed by atoms with van der Waals surface area (Å²) in [5.74, 6) is -0.530. The van der Waals surface area contributed by atoms with Gasteiger partial charge in [0.1, 0.15) is 0 Å². The van der Waals surface area contributed by atoms with E-state index >= 15 is 0 Å². The summed E-state index contributed by atoms with van der Waals surface area (Å²) >= 11 is 6.69. The van der Waals surface area contributed by atoms with E-state index in [2.05, 4.69) is 64.1 Å². The normalized spacial score (nSPS) is 16.4. The lowest BCUT2D eigenvalue weighted by Gasteiger charge is -2.26. The van der Waals surface area contributed by atoms with Crippen molar-refractivity contribution in [2.75, 3.05) is 31.6 Å². The average molecular weight is 763 g/mol. The maximum Gasteiger partial charge on any atom is 0.251 e. The Morgan fingerprint density at radius 3 is 2.42 bits per heavy atom. The summed E-state index contributed by atoms with van der Waals surface area (Å²) in [6.07, 6.45) is 5.38. The minimum absolute atomic E-state index is 0.238. The number of nitrogens with one attached hydrogen (secondary N) is 3.